The van der Waals surface area contributed by atoms with Gasteiger partial charge in [0.15, 0.2) is 0 Å². The zero-order valence-corrected chi connectivity index (χ0v) is 13.6. The Morgan fingerprint density at radius 3 is 2.59 bits per heavy atom. The maximum atomic E-state index is 12.1. The summed E-state index contributed by atoms with van der Waals surface area (Å²) in [5.74, 6) is -0.00893. The van der Waals surface area contributed by atoms with Gasteiger partial charge in [0.05, 0.1) is 4.92 Å². The van der Waals surface area contributed by atoms with Gasteiger partial charge in [-0.2, -0.15) is 0 Å². The van der Waals surface area contributed by atoms with E-state index in [-0.39, 0.29) is 23.2 Å². The molecule has 0 fully saturated rings. The SMILES string of the molecule is O=c1oc2ccccc2cc1-c1nnc(/N=C/c2ccc([N+](=O)[O-])cc2)o1. The van der Waals surface area contributed by atoms with Gasteiger partial charge in [0.1, 0.15) is 11.1 Å². The zero-order valence-electron chi connectivity index (χ0n) is 13.6. The van der Waals surface area contributed by atoms with Crippen LogP contribution in [-0.4, -0.2) is 21.3 Å². The molecule has 132 valence electrons. The zero-order chi connectivity index (χ0) is 18.8. The normalized spacial score (nSPS) is 11.3. The molecule has 9 heteroatoms. The van der Waals surface area contributed by atoms with Gasteiger partial charge in [0, 0.05) is 23.7 Å². The number of aromatic nitrogens is 2. The van der Waals surface area contributed by atoms with Crippen molar-refractivity contribution >= 4 is 28.9 Å². The van der Waals surface area contributed by atoms with Gasteiger partial charge >= 0.3 is 11.6 Å². The van der Waals surface area contributed by atoms with Crippen LogP contribution >= 0.6 is 0 Å². The average molecular weight is 362 g/mol. The second kappa shape index (κ2) is 6.64. The lowest BCUT2D eigenvalue weighted by Gasteiger charge is -1.97. The third kappa shape index (κ3) is 3.33. The van der Waals surface area contributed by atoms with Gasteiger partial charge < -0.3 is 8.83 Å². The number of nitro benzene ring substituents is 1. The van der Waals surface area contributed by atoms with Crippen LogP contribution < -0.4 is 5.63 Å². The van der Waals surface area contributed by atoms with Crippen molar-refractivity contribution < 1.29 is 13.8 Å². The molecule has 27 heavy (non-hydrogen) atoms. The summed E-state index contributed by atoms with van der Waals surface area (Å²) < 4.78 is 10.6. The Bertz CT molecular complexity index is 1220. The van der Waals surface area contributed by atoms with Crippen LogP contribution in [-0.2, 0) is 0 Å². The second-order valence-corrected chi connectivity index (χ2v) is 5.48. The molecule has 2 aromatic carbocycles. The highest BCUT2D eigenvalue weighted by Crippen LogP contribution is 2.22. The van der Waals surface area contributed by atoms with Crippen molar-refractivity contribution in [2.75, 3.05) is 0 Å². The van der Waals surface area contributed by atoms with E-state index >= 15 is 0 Å². The van der Waals surface area contributed by atoms with E-state index in [0.29, 0.717) is 11.1 Å². The molecule has 0 spiro atoms. The number of nitro groups is 1. The summed E-state index contributed by atoms with van der Waals surface area (Å²) in [7, 11) is 0. The first-order chi connectivity index (χ1) is 13.1. The Morgan fingerprint density at radius 2 is 1.81 bits per heavy atom. The van der Waals surface area contributed by atoms with Crippen molar-refractivity contribution in [1.29, 1.82) is 0 Å². The van der Waals surface area contributed by atoms with Crippen molar-refractivity contribution in [2.24, 2.45) is 4.99 Å². The molecule has 0 N–H and O–H groups in total. The molecule has 0 amide bonds. The van der Waals surface area contributed by atoms with Gasteiger partial charge in [-0.15, -0.1) is 5.10 Å². The molecule has 0 radical (unpaired) electrons. The lowest BCUT2D eigenvalue weighted by atomic mass is 10.2. The molecule has 0 saturated carbocycles. The highest BCUT2D eigenvalue weighted by molar-refractivity contribution is 5.82. The Balaban J connectivity index is 1.61. The minimum atomic E-state index is -0.594. The standard InChI is InChI=1S/C18H10N4O5/c23-17-14(9-12-3-1-2-4-15(12)26-17)16-20-21-18(27-16)19-10-11-5-7-13(8-6-11)22(24)25/h1-10H/b19-10+. The molecular formula is C18H10N4O5. The minimum absolute atomic E-state index is 0.00893. The molecular weight excluding hydrogens is 352 g/mol. The van der Waals surface area contributed by atoms with E-state index in [4.69, 9.17) is 8.83 Å². The van der Waals surface area contributed by atoms with Crippen molar-refractivity contribution in [2.45, 2.75) is 0 Å². The van der Waals surface area contributed by atoms with Crippen LogP contribution in [0.5, 0.6) is 0 Å². The average Bonchev–Trinajstić information content (AvgIpc) is 3.15. The van der Waals surface area contributed by atoms with Crippen LogP contribution in [0.2, 0.25) is 0 Å². The molecule has 0 atom stereocenters. The van der Waals surface area contributed by atoms with E-state index in [0.717, 1.165) is 5.39 Å². The summed E-state index contributed by atoms with van der Waals surface area (Å²) in [5.41, 5.74) is 0.601. The molecule has 4 rings (SSSR count). The van der Waals surface area contributed by atoms with Crippen LogP contribution in [0, 0.1) is 10.1 Å². The first kappa shape index (κ1) is 16.3. The largest absolute Gasteiger partial charge is 0.422 e. The minimum Gasteiger partial charge on any atom is -0.422 e. The predicted octanol–water partition coefficient (Wildman–Crippen LogP) is 3.50. The molecule has 0 saturated heterocycles. The van der Waals surface area contributed by atoms with Crippen molar-refractivity contribution in [3.05, 3.63) is 80.7 Å². The van der Waals surface area contributed by atoms with E-state index in [1.807, 2.05) is 6.07 Å². The summed E-state index contributed by atoms with van der Waals surface area (Å²) in [4.78, 5) is 26.3. The van der Waals surface area contributed by atoms with Crippen molar-refractivity contribution in [1.82, 2.24) is 10.2 Å². The van der Waals surface area contributed by atoms with Crippen LogP contribution in [0.4, 0.5) is 11.7 Å². The fourth-order valence-corrected chi connectivity index (χ4v) is 2.40. The molecule has 4 aromatic rings. The molecule has 2 aromatic heterocycles. The van der Waals surface area contributed by atoms with E-state index in [1.54, 1.807) is 24.3 Å². The highest BCUT2D eigenvalue weighted by atomic mass is 16.6. The van der Waals surface area contributed by atoms with Gasteiger partial charge in [-0.25, -0.2) is 9.79 Å². The number of rotatable bonds is 4. The van der Waals surface area contributed by atoms with E-state index in [1.165, 1.54) is 30.5 Å². The molecule has 0 aliphatic heterocycles. The number of non-ortho nitro benzene ring substituents is 1. The van der Waals surface area contributed by atoms with E-state index in [9.17, 15) is 14.9 Å². The Morgan fingerprint density at radius 1 is 1.04 bits per heavy atom. The number of nitrogens with zero attached hydrogens (tertiary/aromatic N) is 4. The number of hydrogen-bond acceptors (Lipinski definition) is 8. The predicted molar refractivity (Wildman–Crippen MR) is 96.1 cm³/mol. The molecule has 0 unspecified atom stereocenters. The van der Waals surface area contributed by atoms with Crippen LogP contribution in [0.1, 0.15) is 5.56 Å². The number of fused-ring (bicyclic) bond motifs is 1. The monoisotopic (exact) mass is 362 g/mol. The smallest absolute Gasteiger partial charge is 0.349 e. The van der Waals surface area contributed by atoms with Gasteiger partial charge in [-0.05, 0) is 29.8 Å². The van der Waals surface area contributed by atoms with Gasteiger partial charge in [0.25, 0.3) is 11.6 Å². The van der Waals surface area contributed by atoms with Crippen LogP contribution in [0.15, 0.2) is 73.2 Å². The third-order valence-corrected chi connectivity index (χ3v) is 3.71. The van der Waals surface area contributed by atoms with E-state index < -0.39 is 10.5 Å². The van der Waals surface area contributed by atoms with Gasteiger partial charge in [-0.3, -0.25) is 10.1 Å². The van der Waals surface area contributed by atoms with Crippen LogP contribution in [0.25, 0.3) is 22.4 Å². The quantitative estimate of drug-likeness (QED) is 0.235. The molecule has 0 aliphatic rings. The molecule has 0 aliphatic carbocycles. The topological polar surface area (TPSA) is 125 Å². The van der Waals surface area contributed by atoms with Crippen molar-refractivity contribution in [3.63, 3.8) is 0 Å². The number of aliphatic imine (C=N–C) groups is 1. The van der Waals surface area contributed by atoms with Crippen molar-refractivity contribution in [3.8, 4) is 11.5 Å². The molecule has 2 heterocycles. The molecule has 0 bridgehead atoms. The second-order valence-electron chi connectivity index (χ2n) is 5.48. The van der Waals surface area contributed by atoms with Gasteiger partial charge in [-0.1, -0.05) is 23.3 Å². The maximum Gasteiger partial charge on any atom is 0.349 e. The summed E-state index contributed by atoms with van der Waals surface area (Å²) in [5, 5.41) is 19.0. The lowest BCUT2D eigenvalue weighted by molar-refractivity contribution is -0.384. The summed E-state index contributed by atoms with van der Waals surface area (Å²) in [6.45, 7) is 0. The lowest BCUT2D eigenvalue weighted by Crippen LogP contribution is -2.02. The van der Waals surface area contributed by atoms with Crippen LogP contribution in [0.3, 0.4) is 0 Å². The Kier molecular flexibility index (Phi) is 4.01. The fraction of sp³-hybridized carbons (Fsp3) is 0. The number of benzene rings is 2. The maximum absolute atomic E-state index is 12.1. The Labute approximate surface area is 150 Å². The summed E-state index contributed by atoms with van der Waals surface area (Å²) in [6.07, 6.45) is 1.42. The highest BCUT2D eigenvalue weighted by Gasteiger charge is 2.14. The number of para-hydroxylation sites is 1. The first-order valence-electron chi connectivity index (χ1n) is 7.75. The third-order valence-electron chi connectivity index (χ3n) is 3.71. The summed E-state index contributed by atoms with van der Waals surface area (Å²) in [6, 6.07) is 14.4. The number of hydrogen-bond donors (Lipinski definition) is 0. The first-order valence-corrected chi connectivity index (χ1v) is 7.75. The fourth-order valence-electron chi connectivity index (χ4n) is 2.40. The Hall–Kier alpha value is -4.14. The summed E-state index contributed by atoms with van der Waals surface area (Å²) >= 11 is 0. The molecule has 9 nitrogen and oxygen atoms in total. The van der Waals surface area contributed by atoms with Gasteiger partial charge in [0.2, 0.25) is 0 Å². The van der Waals surface area contributed by atoms with E-state index in [2.05, 4.69) is 15.2 Å².